The number of aryl methyl sites for hydroxylation is 1. The van der Waals surface area contributed by atoms with Crippen molar-refractivity contribution in [3.05, 3.63) is 87.7 Å². The van der Waals surface area contributed by atoms with E-state index in [1.54, 1.807) is 25.1 Å². The fourth-order valence-electron chi connectivity index (χ4n) is 3.51. The van der Waals surface area contributed by atoms with Crippen molar-refractivity contribution < 1.29 is 18.9 Å². The van der Waals surface area contributed by atoms with Crippen LogP contribution < -0.4 is 4.74 Å². The Balaban J connectivity index is 1.35. The molecule has 10 nitrogen and oxygen atoms in total. The zero-order valence-corrected chi connectivity index (χ0v) is 19.1. The highest BCUT2D eigenvalue weighted by molar-refractivity contribution is 8.27. The summed E-state index contributed by atoms with van der Waals surface area (Å²) < 4.78 is 11.5. The van der Waals surface area contributed by atoms with Crippen molar-refractivity contribution >= 4 is 45.5 Å². The lowest BCUT2D eigenvalue weighted by molar-refractivity contribution is -0.384. The standard InChI is InChI=1S/C24H17N5O5S/c1-14-11-15(29(31)32)7-9-18(14)20-10-8-17(34-20)12-19-22(25)28-24(26-23(19)30)35-21(27-28)13-33-16-5-3-2-4-6-16/h2-12,25H,13H2,1H3. The second-order valence-corrected chi connectivity index (χ2v) is 8.61. The minimum absolute atomic E-state index is 0.00682. The van der Waals surface area contributed by atoms with Gasteiger partial charge in [-0.2, -0.15) is 15.1 Å². The van der Waals surface area contributed by atoms with Crippen molar-refractivity contribution in [2.75, 3.05) is 6.61 Å². The van der Waals surface area contributed by atoms with Crippen LogP contribution in [0.5, 0.6) is 5.75 Å². The van der Waals surface area contributed by atoms with E-state index in [1.807, 2.05) is 30.3 Å². The number of nitrogens with one attached hydrogen (secondary N) is 1. The Kier molecular flexibility index (Phi) is 5.75. The van der Waals surface area contributed by atoms with Crippen molar-refractivity contribution in [2.45, 2.75) is 6.92 Å². The average molecular weight is 487 g/mol. The van der Waals surface area contributed by atoms with Crippen LogP contribution in [0.15, 0.2) is 80.7 Å². The van der Waals surface area contributed by atoms with Crippen LogP contribution >= 0.6 is 11.8 Å². The molecule has 0 unspecified atom stereocenters. The van der Waals surface area contributed by atoms with Gasteiger partial charge in [0.1, 0.15) is 28.9 Å². The van der Waals surface area contributed by atoms with Crippen LogP contribution in [0.2, 0.25) is 0 Å². The number of carbonyl (C=O) groups is 1. The van der Waals surface area contributed by atoms with E-state index >= 15 is 0 Å². The minimum Gasteiger partial charge on any atom is -0.487 e. The number of furan rings is 1. The summed E-state index contributed by atoms with van der Waals surface area (Å²) in [6.45, 7) is 1.93. The SMILES string of the molecule is Cc1cc([N+](=O)[O-])ccc1-c1ccc(C=C2C(=N)N3N=C(COc4ccccc4)SC3=NC2=O)o1. The maximum atomic E-state index is 12.6. The Morgan fingerprint density at radius 3 is 2.74 bits per heavy atom. The van der Waals surface area contributed by atoms with Gasteiger partial charge in [0.05, 0.1) is 10.5 Å². The Hall–Kier alpha value is -4.51. The number of hydrazone groups is 1. The minimum atomic E-state index is -0.571. The average Bonchev–Trinajstić information content (AvgIpc) is 3.48. The number of amides is 1. The number of hydrogen-bond donors (Lipinski definition) is 1. The molecule has 0 saturated heterocycles. The molecular weight excluding hydrogens is 470 g/mol. The molecule has 2 aliphatic rings. The first-order valence-corrected chi connectivity index (χ1v) is 11.2. The first-order chi connectivity index (χ1) is 16.9. The highest BCUT2D eigenvalue weighted by Gasteiger charge is 2.36. The summed E-state index contributed by atoms with van der Waals surface area (Å²) in [6.07, 6.45) is 1.44. The van der Waals surface area contributed by atoms with Gasteiger partial charge in [0, 0.05) is 17.7 Å². The Labute approximate surface area is 203 Å². The smallest absolute Gasteiger partial charge is 0.283 e. The van der Waals surface area contributed by atoms with Gasteiger partial charge >= 0.3 is 0 Å². The molecule has 2 aliphatic heterocycles. The number of non-ortho nitro benzene ring substituents is 1. The van der Waals surface area contributed by atoms with Crippen molar-refractivity contribution in [1.82, 2.24) is 5.01 Å². The number of benzene rings is 2. The van der Waals surface area contributed by atoms with Gasteiger partial charge in [-0.05, 0) is 60.7 Å². The largest absolute Gasteiger partial charge is 0.487 e. The number of nitro benzene ring substituents is 1. The van der Waals surface area contributed by atoms with Crippen LogP contribution in [0.3, 0.4) is 0 Å². The number of carbonyl (C=O) groups excluding carboxylic acids is 1. The third-order valence-corrected chi connectivity index (χ3v) is 6.08. The van der Waals surface area contributed by atoms with Crippen molar-refractivity contribution in [3.8, 4) is 17.1 Å². The quantitative estimate of drug-likeness (QED) is 0.298. The summed E-state index contributed by atoms with van der Waals surface area (Å²) in [7, 11) is 0. The fourth-order valence-corrected chi connectivity index (χ4v) is 4.31. The number of para-hydroxylation sites is 1. The van der Waals surface area contributed by atoms with Gasteiger partial charge in [-0.15, -0.1) is 0 Å². The third kappa shape index (κ3) is 4.49. The molecule has 3 heterocycles. The van der Waals surface area contributed by atoms with E-state index in [0.717, 1.165) is 0 Å². The predicted molar refractivity (Wildman–Crippen MR) is 132 cm³/mol. The van der Waals surface area contributed by atoms with Crippen LogP contribution in [0.1, 0.15) is 11.3 Å². The van der Waals surface area contributed by atoms with Crippen molar-refractivity contribution in [2.24, 2.45) is 10.1 Å². The zero-order valence-electron chi connectivity index (χ0n) is 18.3. The van der Waals surface area contributed by atoms with Crippen LogP contribution in [0, 0.1) is 22.4 Å². The van der Waals surface area contributed by atoms with E-state index in [9.17, 15) is 14.9 Å². The molecule has 11 heteroatoms. The van der Waals surface area contributed by atoms with Crippen LogP contribution in [-0.2, 0) is 4.79 Å². The number of rotatable bonds is 6. The molecule has 35 heavy (non-hydrogen) atoms. The zero-order chi connectivity index (χ0) is 24.5. The van der Waals surface area contributed by atoms with Gasteiger partial charge in [-0.1, -0.05) is 18.2 Å². The van der Waals surface area contributed by atoms with Gasteiger partial charge in [-0.3, -0.25) is 20.3 Å². The highest BCUT2D eigenvalue weighted by atomic mass is 32.2. The molecule has 0 radical (unpaired) electrons. The first kappa shape index (κ1) is 22.3. The molecule has 3 aromatic rings. The number of nitrogens with zero attached hydrogens (tertiary/aromatic N) is 4. The van der Waals surface area contributed by atoms with Crippen LogP contribution in [-0.4, -0.2) is 38.5 Å². The number of thioether (sulfide) groups is 1. The summed E-state index contributed by atoms with van der Waals surface area (Å²) in [6, 6.07) is 17.1. The monoisotopic (exact) mass is 487 g/mol. The Morgan fingerprint density at radius 2 is 2.00 bits per heavy atom. The number of ether oxygens (including phenoxy) is 1. The van der Waals surface area contributed by atoms with Gasteiger partial charge in [-0.25, -0.2) is 0 Å². The molecule has 1 N–H and O–H groups in total. The summed E-state index contributed by atoms with van der Waals surface area (Å²) in [5.41, 5.74) is 1.39. The lowest BCUT2D eigenvalue weighted by Gasteiger charge is -2.19. The summed E-state index contributed by atoms with van der Waals surface area (Å²) >= 11 is 1.18. The predicted octanol–water partition coefficient (Wildman–Crippen LogP) is 4.86. The number of aliphatic imine (C=N–C) groups is 1. The number of nitro groups is 1. The van der Waals surface area contributed by atoms with E-state index in [0.29, 0.717) is 38.6 Å². The second kappa shape index (κ2) is 9.03. The number of hydrogen-bond acceptors (Lipinski definition) is 8. The molecule has 0 atom stereocenters. The second-order valence-electron chi connectivity index (χ2n) is 7.57. The molecule has 0 spiro atoms. The lowest BCUT2D eigenvalue weighted by Crippen LogP contribution is -2.35. The molecule has 0 saturated carbocycles. The van der Waals surface area contributed by atoms with E-state index in [4.69, 9.17) is 14.6 Å². The molecule has 0 bridgehead atoms. The van der Waals surface area contributed by atoms with Gasteiger partial charge < -0.3 is 9.15 Å². The van der Waals surface area contributed by atoms with Gasteiger partial charge in [0.25, 0.3) is 11.6 Å². The fraction of sp³-hybridized carbons (Fsp3) is 0.0833. The van der Waals surface area contributed by atoms with Gasteiger partial charge in [0.2, 0.25) is 5.17 Å². The van der Waals surface area contributed by atoms with E-state index in [2.05, 4.69) is 10.1 Å². The van der Waals surface area contributed by atoms with Crippen LogP contribution in [0.4, 0.5) is 5.69 Å². The Bertz CT molecular complexity index is 1460. The van der Waals surface area contributed by atoms with E-state index in [-0.39, 0.29) is 23.7 Å². The molecule has 5 rings (SSSR count). The number of amidine groups is 2. The van der Waals surface area contributed by atoms with Crippen LogP contribution in [0.25, 0.3) is 17.4 Å². The first-order valence-electron chi connectivity index (χ1n) is 10.4. The molecule has 1 aromatic heterocycles. The topological polar surface area (TPSA) is 134 Å². The van der Waals surface area contributed by atoms with Crippen molar-refractivity contribution in [1.29, 1.82) is 5.41 Å². The normalized spacial score (nSPS) is 16.3. The molecule has 0 aliphatic carbocycles. The van der Waals surface area contributed by atoms with Crippen molar-refractivity contribution in [3.63, 3.8) is 0 Å². The maximum Gasteiger partial charge on any atom is 0.283 e. The molecule has 174 valence electrons. The maximum absolute atomic E-state index is 12.6. The highest BCUT2D eigenvalue weighted by Crippen LogP contribution is 2.31. The summed E-state index contributed by atoms with van der Waals surface area (Å²) in [4.78, 5) is 27.2. The van der Waals surface area contributed by atoms with E-state index in [1.165, 1.54) is 35.0 Å². The summed E-state index contributed by atoms with van der Waals surface area (Å²) in [5, 5.41) is 26.0. The Morgan fingerprint density at radius 1 is 1.20 bits per heavy atom. The third-order valence-electron chi connectivity index (χ3n) is 5.20. The van der Waals surface area contributed by atoms with E-state index < -0.39 is 10.8 Å². The molecule has 1 amide bonds. The lowest BCUT2D eigenvalue weighted by atomic mass is 10.1. The number of fused-ring (bicyclic) bond motifs is 1. The molecular formula is C24H17N5O5S. The molecule has 2 aromatic carbocycles. The summed E-state index contributed by atoms with van der Waals surface area (Å²) in [5.74, 6) is 0.822. The molecule has 0 fully saturated rings. The van der Waals surface area contributed by atoms with Gasteiger partial charge in [0.15, 0.2) is 5.84 Å².